The number of ether oxygens (including phenoxy) is 1. The number of nitrogens with two attached hydrogens (primary N) is 1. The molecule has 108 valence electrons. The standard InChI is InChI=1S/C15H21N3O2/c16-15(19)10-20-12-5-3-11(4-6-12)17-13-7-9-18-8-1-2-14(13)18/h3-6,13-14,17H,1-2,7-10H2,(H2,16,19). The number of nitrogens with zero attached hydrogens (tertiary/aromatic N) is 1. The molecule has 0 spiro atoms. The summed E-state index contributed by atoms with van der Waals surface area (Å²) in [6.07, 6.45) is 3.84. The van der Waals surface area contributed by atoms with E-state index in [1.165, 1.54) is 32.4 Å². The van der Waals surface area contributed by atoms with Crippen LogP contribution >= 0.6 is 0 Å². The van der Waals surface area contributed by atoms with E-state index in [0.717, 1.165) is 5.69 Å². The Morgan fingerprint density at radius 1 is 1.30 bits per heavy atom. The molecule has 0 radical (unpaired) electrons. The Kier molecular flexibility index (Phi) is 3.78. The number of anilines is 1. The van der Waals surface area contributed by atoms with Gasteiger partial charge in [0.1, 0.15) is 5.75 Å². The van der Waals surface area contributed by atoms with E-state index in [1.54, 1.807) is 0 Å². The van der Waals surface area contributed by atoms with Gasteiger partial charge in [-0.05, 0) is 50.1 Å². The van der Waals surface area contributed by atoms with Gasteiger partial charge in [0.25, 0.3) is 5.91 Å². The lowest BCUT2D eigenvalue weighted by Crippen LogP contribution is -2.33. The zero-order chi connectivity index (χ0) is 13.9. The molecule has 3 rings (SSSR count). The number of amides is 1. The first-order chi connectivity index (χ1) is 9.72. The van der Waals surface area contributed by atoms with Crippen LogP contribution in [0.3, 0.4) is 0 Å². The minimum Gasteiger partial charge on any atom is -0.484 e. The van der Waals surface area contributed by atoms with E-state index < -0.39 is 5.91 Å². The molecule has 5 nitrogen and oxygen atoms in total. The van der Waals surface area contributed by atoms with Crippen LogP contribution < -0.4 is 15.8 Å². The molecular weight excluding hydrogens is 254 g/mol. The molecule has 0 aliphatic carbocycles. The first-order valence-electron chi connectivity index (χ1n) is 7.24. The molecule has 3 N–H and O–H groups in total. The second kappa shape index (κ2) is 5.71. The number of hydrogen-bond donors (Lipinski definition) is 2. The lowest BCUT2D eigenvalue weighted by molar-refractivity contribution is -0.119. The number of primary amides is 1. The van der Waals surface area contributed by atoms with E-state index in [1.807, 2.05) is 24.3 Å². The van der Waals surface area contributed by atoms with E-state index in [0.29, 0.717) is 17.8 Å². The van der Waals surface area contributed by atoms with Crippen molar-refractivity contribution in [2.75, 3.05) is 25.0 Å². The minimum absolute atomic E-state index is 0.0770. The van der Waals surface area contributed by atoms with Crippen molar-refractivity contribution in [1.29, 1.82) is 0 Å². The molecule has 0 saturated carbocycles. The van der Waals surface area contributed by atoms with E-state index >= 15 is 0 Å². The molecule has 2 fully saturated rings. The van der Waals surface area contributed by atoms with Gasteiger partial charge in [0.2, 0.25) is 0 Å². The predicted octanol–water partition coefficient (Wildman–Crippen LogP) is 1.20. The molecule has 1 aromatic rings. The predicted molar refractivity (Wildman–Crippen MR) is 77.8 cm³/mol. The Balaban J connectivity index is 1.56. The molecule has 2 saturated heterocycles. The van der Waals surface area contributed by atoms with Crippen molar-refractivity contribution in [3.63, 3.8) is 0 Å². The highest BCUT2D eigenvalue weighted by atomic mass is 16.5. The highest BCUT2D eigenvalue weighted by molar-refractivity contribution is 5.75. The molecular formula is C15H21N3O2. The Morgan fingerprint density at radius 3 is 2.85 bits per heavy atom. The normalized spacial score (nSPS) is 25.4. The maximum absolute atomic E-state index is 10.7. The van der Waals surface area contributed by atoms with Gasteiger partial charge in [-0.15, -0.1) is 0 Å². The molecule has 2 aliphatic heterocycles. The van der Waals surface area contributed by atoms with Gasteiger partial charge in [-0.1, -0.05) is 0 Å². The summed E-state index contributed by atoms with van der Waals surface area (Å²) >= 11 is 0. The SMILES string of the molecule is NC(=O)COc1ccc(NC2CCN3CCCC23)cc1. The number of hydrogen-bond acceptors (Lipinski definition) is 4. The smallest absolute Gasteiger partial charge is 0.255 e. The lowest BCUT2D eigenvalue weighted by Gasteiger charge is -2.22. The maximum Gasteiger partial charge on any atom is 0.255 e. The van der Waals surface area contributed by atoms with Gasteiger partial charge < -0.3 is 15.8 Å². The van der Waals surface area contributed by atoms with Crippen molar-refractivity contribution in [3.05, 3.63) is 24.3 Å². The third kappa shape index (κ3) is 2.88. The van der Waals surface area contributed by atoms with Crippen LogP contribution in [-0.2, 0) is 4.79 Å². The molecule has 20 heavy (non-hydrogen) atoms. The average molecular weight is 275 g/mol. The van der Waals surface area contributed by atoms with Crippen molar-refractivity contribution in [1.82, 2.24) is 4.90 Å². The number of benzene rings is 1. The van der Waals surface area contributed by atoms with Crippen LogP contribution in [0, 0.1) is 0 Å². The van der Waals surface area contributed by atoms with Gasteiger partial charge in [-0.25, -0.2) is 0 Å². The second-order valence-electron chi connectivity index (χ2n) is 5.56. The van der Waals surface area contributed by atoms with Crippen molar-refractivity contribution < 1.29 is 9.53 Å². The van der Waals surface area contributed by atoms with Gasteiger partial charge in [0.05, 0.1) is 0 Å². The Morgan fingerprint density at radius 2 is 2.10 bits per heavy atom. The summed E-state index contributed by atoms with van der Waals surface area (Å²) in [5.74, 6) is 0.211. The van der Waals surface area contributed by atoms with Crippen LogP contribution in [0.25, 0.3) is 0 Å². The van der Waals surface area contributed by atoms with Gasteiger partial charge >= 0.3 is 0 Å². The molecule has 1 aromatic carbocycles. The zero-order valence-electron chi connectivity index (χ0n) is 11.5. The molecule has 2 aliphatic rings. The summed E-state index contributed by atoms with van der Waals surface area (Å²) < 4.78 is 5.25. The van der Waals surface area contributed by atoms with E-state index in [9.17, 15) is 4.79 Å². The number of nitrogens with one attached hydrogen (secondary N) is 1. The molecule has 0 bridgehead atoms. The van der Waals surface area contributed by atoms with Crippen molar-refractivity contribution in [2.45, 2.75) is 31.3 Å². The monoisotopic (exact) mass is 275 g/mol. The molecule has 2 atom stereocenters. The Hall–Kier alpha value is -1.75. The second-order valence-corrected chi connectivity index (χ2v) is 5.56. The summed E-state index contributed by atoms with van der Waals surface area (Å²) in [4.78, 5) is 13.2. The fourth-order valence-electron chi connectivity index (χ4n) is 3.27. The third-order valence-electron chi connectivity index (χ3n) is 4.19. The van der Waals surface area contributed by atoms with Crippen molar-refractivity contribution in [3.8, 4) is 5.75 Å². The summed E-state index contributed by atoms with van der Waals surface area (Å²) in [5, 5.41) is 3.62. The van der Waals surface area contributed by atoms with Gasteiger partial charge in [-0.2, -0.15) is 0 Å². The summed E-state index contributed by atoms with van der Waals surface area (Å²) in [5.41, 5.74) is 6.15. The van der Waals surface area contributed by atoms with Crippen LogP contribution in [0.2, 0.25) is 0 Å². The number of fused-ring (bicyclic) bond motifs is 1. The third-order valence-corrected chi connectivity index (χ3v) is 4.19. The first kappa shape index (κ1) is 13.2. The quantitative estimate of drug-likeness (QED) is 0.847. The first-order valence-corrected chi connectivity index (χ1v) is 7.24. The number of rotatable bonds is 5. The minimum atomic E-state index is -0.459. The lowest BCUT2D eigenvalue weighted by atomic mass is 10.1. The van der Waals surface area contributed by atoms with Gasteiger partial charge in [0, 0.05) is 24.3 Å². The molecule has 2 heterocycles. The number of carbonyl (C=O) groups excluding carboxylic acids is 1. The highest BCUT2D eigenvalue weighted by Crippen LogP contribution is 2.30. The topological polar surface area (TPSA) is 67.6 Å². The number of carbonyl (C=O) groups is 1. The van der Waals surface area contributed by atoms with Crippen LogP contribution in [-0.4, -0.2) is 42.6 Å². The zero-order valence-corrected chi connectivity index (χ0v) is 11.5. The van der Waals surface area contributed by atoms with E-state index in [4.69, 9.17) is 10.5 Å². The Bertz CT molecular complexity index is 475. The molecule has 0 aromatic heterocycles. The van der Waals surface area contributed by atoms with E-state index in [-0.39, 0.29) is 6.61 Å². The van der Waals surface area contributed by atoms with Gasteiger partial charge in [-0.3, -0.25) is 9.69 Å². The molecule has 2 unspecified atom stereocenters. The van der Waals surface area contributed by atoms with Crippen LogP contribution in [0.5, 0.6) is 5.75 Å². The van der Waals surface area contributed by atoms with E-state index in [2.05, 4.69) is 10.2 Å². The van der Waals surface area contributed by atoms with Gasteiger partial charge in [0.15, 0.2) is 6.61 Å². The van der Waals surface area contributed by atoms with Crippen LogP contribution in [0.1, 0.15) is 19.3 Å². The average Bonchev–Trinajstić information content (AvgIpc) is 3.03. The summed E-state index contributed by atoms with van der Waals surface area (Å²) in [6.45, 7) is 2.39. The van der Waals surface area contributed by atoms with Crippen LogP contribution in [0.4, 0.5) is 5.69 Å². The summed E-state index contributed by atoms with van der Waals surface area (Å²) in [6, 6.07) is 8.97. The Labute approximate surface area is 119 Å². The largest absolute Gasteiger partial charge is 0.484 e. The fraction of sp³-hybridized carbons (Fsp3) is 0.533. The molecule has 1 amide bonds. The molecule has 5 heteroatoms. The van der Waals surface area contributed by atoms with Crippen LogP contribution in [0.15, 0.2) is 24.3 Å². The maximum atomic E-state index is 10.7. The van der Waals surface area contributed by atoms with Crippen molar-refractivity contribution >= 4 is 11.6 Å². The fourth-order valence-corrected chi connectivity index (χ4v) is 3.27. The highest BCUT2D eigenvalue weighted by Gasteiger charge is 2.36. The summed E-state index contributed by atoms with van der Waals surface area (Å²) in [7, 11) is 0. The van der Waals surface area contributed by atoms with Crippen molar-refractivity contribution in [2.24, 2.45) is 5.73 Å².